The van der Waals surface area contributed by atoms with Crippen molar-refractivity contribution in [1.29, 1.82) is 0 Å². The lowest BCUT2D eigenvalue weighted by atomic mass is 10.0. The van der Waals surface area contributed by atoms with E-state index in [2.05, 4.69) is 476 Å². The zero-order chi connectivity index (χ0) is 88.5. The van der Waals surface area contributed by atoms with Crippen LogP contribution in [0.15, 0.2) is 482 Å². The Balaban J connectivity index is 0.000000101. The first-order chi connectivity index (χ1) is 67.0. The quantitative estimate of drug-likeness (QED) is 0.145. The predicted molar refractivity (Wildman–Crippen MR) is 569 cm³/mol. The number of hydrogen-bond acceptors (Lipinski definition) is 3. The van der Waals surface area contributed by atoms with Crippen LogP contribution in [-0.2, 0) is 0 Å². The van der Waals surface area contributed by atoms with Crippen LogP contribution in [0, 0.1) is 0 Å². The molecule has 9 heterocycles. The summed E-state index contributed by atoms with van der Waals surface area (Å²) < 4.78 is 29.7. The second-order valence-electron chi connectivity index (χ2n) is 35.3. The number of furan rings is 2. The van der Waals surface area contributed by atoms with Gasteiger partial charge in [0.15, 0.2) is 5.58 Å². The molecule has 0 saturated heterocycles. The summed E-state index contributed by atoms with van der Waals surface area (Å²) in [5.41, 5.74) is 32.3. The first-order valence-corrected chi connectivity index (χ1v) is 46.9. The third-order valence-electron chi connectivity index (χ3n) is 27.9. The highest BCUT2D eigenvalue weighted by molar-refractivity contribution is 7.25. The molecule has 0 radical (unpaired) electrons. The molecule has 9 aromatic heterocycles. The molecular formula is C126H78N6O2S. The summed E-state index contributed by atoms with van der Waals surface area (Å²) in [6.45, 7) is 0. The lowest BCUT2D eigenvalue weighted by molar-refractivity contribution is 0.666. The lowest BCUT2D eigenvalue weighted by Gasteiger charge is -2.11. The normalized spacial score (nSPS) is 12.0. The van der Waals surface area contributed by atoms with Crippen molar-refractivity contribution in [2.24, 2.45) is 0 Å². The summed E-state index contributed by atoms with van der Waals surface area (Å²) >= 11 is 1.87. The predicted octanol–water partition coefficient (Wildman–Crippen LogP) is 34.8. The van der Waals surface area contributed by atoms with E-state index in [0.717, 1.165) is 60.8 Å². The Morgan fingerprint density at radius 1 is 0.148 bits per heavy atom. The van der Waals surface area contributed by atoms with Crippen LogP contribution in [0.25, 0.3) is 262 Å². The number of hydrogen-bond donors (Lipinski definition) is 0. The third-order valence-corrected chi connectivity index (χ3v) is 29.1. The highest BCUT2D eigenvalue weighted by Crippen LogP contribution is 2.48. The molecule has 0 saturated carbocycles. The van der Waals surface area contributed by atoms with Crippen molar-refractivity contribution in [1.82, 2.24) is 27.4 Å². The van der Waals surface area contributed by atoms with Gasteiger partial charge < -0.3 is 36.2 Å². The van der Waals surface area contributed by atoms with E-state index in [1.54, 1.807) is 0 Å². The minimum absolute atomic E-state index is 0.902. The Hall–Kier alpha value is -17.8. The van der Waals surface area contributed by atoms with E-state index in [0.29, 0.717) is 0 Å². The van der Waals surface area contributed by atoms with E-state index < -0.39 is 0 Å². The Morgan fingerprint density at radius 2 is 0.407 bits per heavy atom. The van der Waals surface area contributed by atoms with Gasteiger partial charge in [-0.05, 0) is 228 Å². The van der Waals surface area contributed by atoms with E-state index in [1.807, 2.05) is 35.6 Å². The van der Waals surface area contributed by atoms with E-state index >= 15 is 0 Å². The maximum Gasteiger partial charge on any atom is 0.159 e. The summed E-state index contributed by atoms with van der Waals surface area (Å²) in [7, 11) is 0. The fraction of sp³-hybridized carbons (Fsp3) is 0. The molecule has 0 unspecified atom stereocenters. The molecule has 0 atom stereocenters. The lowest BCUT2D eigenvalue weighted by Crippen LogP contribution is -1.94. The standard InChI is InChI=1S/2C42H26N2O.C42H26N2S/c1-2-11-29(12-3-1)43-36-17-7-4-13-30(36)34-25-27(21-23-38(34)43)28-22-24-39-35(26-28)31-14-5-8-18-37(31)44(39)40-19-10-16-33-32-15-6-9-20-41(32)45-42(33)40;2*1-2-11-29(12-3-1)43-35-16-7-4-13-30(35)33-25-27(21-23-37(33)43)28-22-24-38-34(26-28)31-14-5-8-17-36(31)44(38)39-18-10-20-41-42(39)32-15-6-9-19-40(32)45-41/h3*1-26H. The second kappa shape index (κ2) is 30.4. The largest absolute Gasteiger partial charge is 0.456 e. The van der Waals surface area contributed by atoms with Crippen molar-refractivity contribution >= 4 is 206 Å². The van der Waals surface area contributed by atoms with Gasteiger partial charge in [0, 0.05) is 118 Å². The molecule has 0 amide bonds. The van der Waals surface area contributed by atoms with Gasteiger partial charge >= 0.3 is 0 Å². The van der Waals surface area contributed by atoms with Crippen molar-refractivity contribution in [3.63, 3.8) is 0 Å². The van der Waals surface area contributed by atoms with E-state index in [9.17, 15) is 0 Å². The van der Waals surface area contributed by atoms with Crippen molar-refractivity contribution in [2.75, 3.05) is 0 Å². The van der Waals surface area contributed by atoms with Crippen LogP contribution in [0.2, 0.25) is 0 Å². The Bertz CT molecular complexity index is 9710. The summed E-state index contributed by atoms with van der Waals surface area (Å²) in [6, 6.07) is 171. The topological polar surface area (TPSA) is 55.9 Å². The minimum Gasteiger partial charge on any atom is -0.456 e. The highest BCUT2D eigenvalue weighted by Gasteiger charge is 2.26. The number of benzene rings is 21. The van der Waals surface area contributed by atoms with Gasteiger partial charge in [-0.1, -0.05) is 279 Å². The molecule has 0 aliphatic carbocycles. The summed E-state index contributed by atoms with van der Waals surface area (Å²) in [6.07, 6.45) is 0. The molecule has 0 fully saturated rings. The highest BCUT2D eigenvalue weighted by atomic mass is 32.1. The van der Waals surface area contributed by atoms with Gasteiger partial charge in [-0.15, -0.1) is 11.3 Å². The summed E-state index contributed by atoms with van der Waals surface area (Å²) in [5, 5.41) is 22.2. The number of nitrogens with zero attached hydrogens (tertiary/aromatic N) is 6. The van der Waals surface area contributed by atoms with Gasteiger partial charge in [0.2, 0.25) is 0 Å². The van der Waals surface area contributed by atoms with Crippen molar-refractivity contribution in [2.45, 2.75) is 0 Å². The maximum atomic E-state index is 6.49. The molecule has 135 heavy (non-hydrogen) atoms. The Morgan fingerprint density at radius 3 is 0.807 bits per heavy atom. The van der Waals surface area contributed by atoms with Crippen LogP contribution in [0.5, 0.6) is 0 Å². The summed E-state index contributed by atoms with van der Waals surface area (Å²) in [4.78, 5) is 0. The molecule has 0 N–H and O–H groups in total. The molecule has 0 aliphatic rings. The van der Waals surface area contributed by atoms with E-state index in [1.165, 1.54) is 202 Å². The molecular weight excluding hydrogens is 1660 g/mol. The van der Waals surface area contributed by atoms with Crippen LogP contribution in [0.3, 0.4) is 0 Å². The zero-order valence-corrected chi connectivity index (χ0v) is 73.8. The van der Waals surface area contributed by atoms with Crippen molar-refractivity contribution in [3.05, 3.63) is 473 Å². The second-order valence-corrected chi connectivity index (χ2v) is 36.3. The molecule has 30 rings (SSSR count). The monoisotopic (exact) mass is 1740 g/mol. The first-order valence-electron chi connectivity index (χ1n) is 46.1. The molecule has 8 nitrogen and oxygen atoms in total. The average molecular weight is 1740 g/mol. The van der Waals surface area contributed by atoms with Crippen LogP contribution < -0.4 is 0 Å². The van der Waals surface area contributed by atoms with Crippen LogP contribution in [0.1, 0.15) is 0 Å². The Kier molecular flexibility index (Phi) is 17.2. The van der Waals surface area contributed by atoms with Gasteiger partial charge in [0.25, 0.3) is 0 Å². The molecule has 30 aromatic rings. The number of rotatable bonds is 9. The van der Waals surface area contributed by atoms with Gasteiger partial charge in [-0.25, -0.2) is 0 Å². The van der Waals surface area contributed by atoms with Crippen LogP contribution in [-0.4, -0.2) is 27.4 Å². The first kappa shape index (κ1) is 76.1. The number of para-hydroxylation sites is 12. The maximum absolute atomic E-state index is 6.49. The molecule has 630 valence electrons. The summed E-state index contributed by atoms with van der Waals surface area (Å²) in [5.74, 6) is 0. The smallest absolute Gasteiger partial charge is 0.159 e. The zero-order valence-electron chi connectivity index (χ0n) is 72.9. The van der Waals surface area contributed by atoms with Gasteiger partial charge in [-0.2, -0.15) is 0 Å². The number of thiophene rings is 1. The number of fused-ring (bicyclic) bond motifs is 27. The molecule has 0 aliphatic heterocycles. The minimum atomic E-state index is 0.902. The molecule has 0 bridgehead atoms. The molecule has 21 aromatic carbocycles. The fourth-order valence-electron chi connectivity index (χ4n) is 22.1. The Labute approximate surface area is 777 Å². The van der Waals surface area contributed by atoms with Crippen molar-refractivity contribution < 1.29 is 8.83 Å². The van der Waals surface area contributed by atoms with Crippen LogP contribution >= 0.6 is 11.3 Å². The van der Waals surface area contributed by atoms with Crippen LogP contribution in [0.4, 0.5) is 0 Å². The third kappa shape index (κ3) is 11.9. The van der Waals surface area contributed by atoms with Gasteiger partial charge in [-0.3, -0.25) is 0 Å². The molecule has 9 heteroatoms. The van der Waals surface area contributed by atoms with Gasteiger partial charge in [0.1, 0.15) is 16.7 Å². The molecule has 0 spiro atoms. The fourth-order valence-corrected chi connectivity index (χ4v) is 23.2. The van der Waals surface area contributed by atoms with Gasteiger partial charge in [0.05, 0.1) is 88.6 Å². The van der Waals surface area contributed by atoms with E-state index in [4.69, 9.17) is 8.83 Å². The number of aromatic nitrogens is 6. The van der Waals surface area contributed by atoms with E-state index in [-0.39, 0.29) is 0 Å². The van der Waals surface area contributed by atoms with Crippen molar-refractivity contribution in [3.8, 4) is 67.5 Å². The SMILES string of the molecule is c1ccc(-n2c3ccccc3c3cc(-c4ccc5c(c4)c4ccccc4n5-c4cccc5c4oc4ccccc45)ccc32)cc1.c1ccc(-n2c3ccccc3c3cc(-c4ccc5c(c4)c4ccccc4n5-c4cccc5oc6ccccc6c45)ccc32)cc1.c1ccc(-n2c3ccccc3c3cc(-c4ccc5c(c4)c4ccccc4n5-c4cccc5sc6ccccc6c45)ccc32)cc1. The average Bonchev–Trinajstić information content (AvgIpc) is 1.40.